The highest BCUT2D eigenvalue weighted by atomic mass is 16.5. The first kappa shape index (κ1) is 14.4. The maximum atomic E-state index is 11.0. The number of likely N-dealkylation sites (N-methyl/N-ethyl adjacent to an activating group) is 1. The summed E-state index contributed by atoms with van der Waals surface area (Å²) >= 11 is 0. The van der Waals surface area contributed by atoms with Crippen LogP contribution in [0.2, 0.25) is 0 Å². The van der Waals surface area contributed by atoms with Gasteiger partial charge >= 0.3 is 0 Å². The number of hydrogen-bond acceptors (Lipinski definition) is 4. The molecule has 3 atom stereocenters. The average Bonchev–Trinajstić information content (AvgIpc) is 2.34. The van der Waals surface area contributed by atoms with Gasteiger partial charge in [0.05, 0.1) is 18.2 Å². The Bertz CT molecular complexity index is 236. The van der Waals surface area contributed by atoms with Gasteiger partial charge in [0.2, 0.25) is 5.91 Å². The Morgan fingerprint density at radius 2 is 2.18 bits per heavy atom. The van der Waals surface area contributed by atoms with Crippen molar-refractivity contribution in [2.24, 2.45) is 5.73 Å². The molecule has 3 N–H and O–H groups in total. The summed E-state index contributed by atoms with van der Waals surface area (Å²) in [6, 6.07) is -0.295. The summed E-state index contributed by atoms with van der Waals surface area (Å²) in [6.07, 6.45) is 5.52. The van der Waals surface area contributed by atoms with Crippen LogP contribution in [0.3, 0.4) is 0 Å². The van der Waals surface area contributed by atoms with Gasteiger partial charge in [0.25, 0.3) is 0 Å². The topological polar surface area (TPSA) is 73.6 Å². The molecular weight excluding hydrogens is 220 g/mol. The van der Waals surface area contributed by atoms with E-state index in [0.29, 0.717) is 19.1 Å². The lowest BCUT2D eigenvalue weighted by Crippen LogP contribution is -2.40. The molecule has 5 heteroatoms. The summed E-state index contributed by atoms with van der Waals surface area (Å²) in [5.41, 5.74) is 5.23. The van der Waals surface area contributed by atoms with Crippen LogP contribution in [-0.4, -0.2) is 44.9 Å². The molecule has 0 aliphatic heterocycles. The number of amides is 1. The Morgan fingerprint density at radius 1 is 1.47 bits per heavy atom. The quantitative estimate of drug-likeness (QED) is 0.681. The predicted octanol–water partition coefficient (Wildman–Crippen LogP) is 0.424. The lowest BCUT2D eigenvalue weighted by atomic mass is 9.95. The fraction of sp³-hybridized carbons (Fsp3) is 0.917. The minimum Gasteiger partial charge on any atom is -0.381 e. The summed E-state index contributed by atoms with van der Waals surface area (Å²) in [7, 11) is 3.48. The van der Waals surface area contributed by atoms with Crippen molar-refractivity contribution in [1.29, 1.82) is 0 Å². The predicted molar refractivity (Wildman–Crippen MR) is 65.7 cm³/mol. The standard InChI is InChI=1S/C12H24N2O3/c1-14-11(12(13)15)6-7-17-10-5-3-4-9(8-10)16-2/h9-11,14H,3-8H2,1-2H3,(H2,13,15). The van der Waals surface area contributed by atoms with E-state index in [1.54, 1.807) is 14.2 Å². The van der Waals surface area contributed by atoms with Crippen molar-refractivity contribution < 1.29 is 14.3 Å². The van der Waals surface area contributed by atoms with Crippen molar-refractivity contribution in [3.63, 3.8) is 0 Å². The van der Waals surface area contributed by atoms with Crippen LogP contribution in [0.5, 0.6) is 0 Å². The number of carbonyl (C=O) groups excluding carboxylic acids is 1. The van der Waals surface area contributed by atoms with E-state index in [2.05, 4.69) is 5.32 Å². The molecule has 0 aromatic rings. The molecule has 100 valence electrons. The fourth-order valence-corrected chi connectivity index (χ4v) is 2.25. The molecule has 17 heavy (non-hydrogen) atoms. The van der Waals surface area contributed by atoms with Crippen molar-refractivity contribution in [1.82, 2.24) is 5.32 Å². The van der Waals surface area contributed by atoms with Gasteiger partial charge in [-0.3, -0.25) is 4.79 Å². The molecule has 3 unspecified atom stereocenters. The molecular formula is C12H24N2O3. The number of nitrogens with one attached hydrogen (secondary N) is 1. The summed E-state index contributed by atoms with van der Waals surface area (Å²) in [6.45, 7) is 0.565. The zero-order valence-electron chi connectivity index (χ0n) is 10.8. The van der Waals surface area contributed by atoms with Gasteiger partial charge in [0.15, 0.2) is 0 Å². The Kier molecular flexibility index (Phi) is 6.47. The Morgan fingerprint density at radius 3 is 2.76 bits per heavy atom. The van der Waals surface area contributed by atoms with Crippen LogP contribution in [0.4, 0.5) is 0 Å². The van der Waals surface area contributed by atoms with Gasteiger partial charge in [0.1, 0.15) is 0 Å². The molecule has 0 heterocycles. The number of methoxy groups -OCH3 is 1. The van der Waals surface area contributed by atoms with E-state index < -0.39 is 0 Å². The number of primary amides is 1. The van der Waals surface area contributed by atoms with Crippen LogP contribution < -0.4 is 11.1 Å². The second-order valence-corrected chi connectivity index (χ2v) is 4.55. The van der Waals surface area contributed by atoms with E-state index in [4.69, 9.17) is 15.2 Å². The second-order valence-electron chi connectivity index (χ2n) is 4.55. The normalized spacial score (nSPS) is 26.7. The largest absolute Gasteiger partial charge is 0.381 e. The number of rotatable bonds is 7. The number of ether oxygens (including phenoxy) is 2. The van der Waals surface area contributed by atoms with Crippen molar-refractivity contribution >= 4 is 5.91 Å². The van der Waals surface area contributed by atoms with E-state index in [-0.39, 0.29) is 18.1 Å². The van der Waals surface area contributed by atoms with Crippen LogP contribution in [0.1, 0.15) is 32.1 Å². The zero-order chi connectivity index (χ0) is 12.7. The third kappa shape index (κ3) is 5.02. The molecule has 1 amide bonds. The summed E-state index contributed by atoms with van der Waals surface area (Å²) < 4.78 is 11.1. The van der Waals surface area contributed by atoms with Crippen molar-refractivity contribution in [2.45, 2.75) is 50.4 Å². The highest BCUT2D eigenvalue weighted by molar-refractivity contribution is 5.79. The van der Waals surface area contributed by atoms with Gasteiger partial charge in [-0.1, -0.05) is 0 Å². The van der Waals surface area contributed by atoms with Crippen molar-refractivity contribution in [3.05, 3.63) is 0 Å². The molecule has 1 fully saturated rings. The molecule has 0 aromatic carbocycles. The molecule has 1 aliphatic rings. The Balaban J connectivity index is 2.19. The minimum absolute atomic E-state index is 0.263. The van der Waals surface area contributed by atoms with Crippen LogP contribution in [0, 0.1) is 0 Å². The van der Waals surface area contributed by atoms with E-state index in [1.165, 1.54) is 0 Å². The fourth-order valence-electron chi connectivity index (χ4n) is 2.25. The Hall–Kier alpha value is -0.650. The van der Waals surface area contributed by atoms with Gasteiger partial charge in [-0.2, -0.15) is 0 Å². The van der Waals surface area contributed by atoms with Crippen LogP contribution >= 0.6 is 0 Å². The first-order valence-corrected chi connectivity index (χ1v) is 6.28. The lowest BCUT2D eigenvalue weighted by molar-refractivity contribution is -0.120. The smallest absolute Gasteiger partial charge is 0.234 e. The van der Waals surface area contributed by atoms with E-state index in [1.807, 2.05) is 0 Å². The minimum atomic E-state index is -0.325. The van der Waals surface area contributed by atoms with E-state index >= 15 is 0 Å². The first-order valence-electron chi connectivity index (χ1n) is 6.28. The lowest BCUT2D eigenvalue weighted by Gasteiger charge is -2.28. The number of nitrogens with two attached hydrogens (primary N) is 1. The van der Waals surface area contributed by atoms with Gasteiger partial charge in [0, 0.05) is 13.7 Å². The molecule has 1 rings (SSSR count). The molecule has 0 bridgehead atoms. The summed E-state index contributed by atoms with van der Waals surface area (Å²) in [5.74, 6) is -0.325. The number of hydrogen-bond donors (Lipinski definition) is 2. The van der Waals surface area contributed by atoms with Gasteiger partial charge < -0.3 is 20.5 Å². The number of carbonyl (C=O) groups is 1. The van der Waals surface area contributed by atoms with E-state index in [0.717, 1.165) is 25.7 Å². The monoisotopic (exact) mass is 244 g/mol. The molecule has 1 saturated carbocycles. The second kappa shape index (κ2) is 7.63. The van der Waals surface area contributed by atoms with Crippen molar-refractivity contribution in [3.8, 4) is 0 Å². The SMILES string of the molecule is CNC(CCOC1CCCC(OC)C1)C(N)=O. The summed E-state index contributed by atoms with van der Waals surface area (Å²) in [5, 5.41) is 2.88. The van der Waals surface area contributed by atoms with Crippen LogP contribution in [-0.2, 0) is 14.3 Å². The van der Waals surface area contributed by atoms with Gasteiger partial charge in [-0.25, -0.2) is 0 Å². The third-order valence-electron chi connectivity index (χ3n) is 3.36. The first-order chi connectivity index (χ1) is 8.17. The summed E-state index contributed by atoms with van der Waals surface area (Å²) in [4.78, 5) is 11.0. The highest BCUT2D eigenvalue weighted by Gasteiger charge is 2.22. The maximum absolute atomic E-state index is 11.0. The highest BCUT2D eigenvalue weighted by Crippen LogP contribution is 2.23. The molecule has 1 aliphatic carbocycles. The van der Waals surface area contributed by atoms with Gasteiger partial charge in [-0.15, -0.1) is 0 Å². The third-order valence-corrected chi connectivity index (χ3v) is 3.36. The molecule has 0 aromatic heterocycles. The van der Waals surface area contributed by atoms with Crippen LogP contribution in [0.15, 0.2) is 0 Å². The average molecular weight is 244 g/mol. The van der Waals surface area contributed by atoms with E-state index in [9.17, 15) is 4.79 Å². The van der Waals surface area contributed by atoms with Crippen LogP contribution in [0.25, 0.3) is 0 Å². The van der Waals surface area contributed by atoms with Gasteiger partial charge in [-0.05, 0) is 39.2 Å². The molecule has 0 saturated heterocycles. The molecule has 0 radical (unpaired) electrons. The molecule has 5 nitrogen and oxygen atoms in total. The molecule has 0 spiro atoms. The maximum Gasteiger partial charge on any atom is 0.234 e. The van der Waals surface area contributed by atoms with Crippen molar-refractivity contribution in [2.75, 3.05) is 20.8 Å². The zero-order valence-corrected chi connectivity index (χ0v) is 10.8. The Labute approximate surface area is 103 Å².